The molecule has 0 atom stereocenters. The van der Waals surface area contributed by atoms with Crippen LogP contribution in [0.25, 0.3) is 11.1 Å². The summed E-state index contributed by atoms with van der Waals surface area (Å²) in [5.74, 6) is 0.551. The number of hydrogen-bond acceptors (Lipinski definition) is 5. The van der Waals surface area contributed by atoms with E-state index in [-0.39, 0.29) is 0 Å². The smallest absolute Gasteiger partial charge is 0.213 e. The quantitative estimate of drug-likeness (QED) is 0.212. The van der Waals surface area contributed by atoms with Crippen LogP contribution in [0.3, 0.4) is 0 Å². The SMILES string of the molecule is Cc1ccc(Cl)cc1/C1=N/N=C(/OCc2ccc(CN(C)Cc3cccc(-c4cccnc4)c3)cc2)CC=C=C1. The molecule has 0 bridgehead atoms. The Morgan fingerprint density at radius 1 is 0.875 bits per heavy atom. The normalized spacial score (nSPS) is 15.6. The summed E-state index contributed by atoms with van der Waals surface area (Å²) in [5.41, 5.74) is 11.8. The van der Waals surface area contributed by atoms with Crippen LogP contribution in [0, 0.1) is 6.92 Å². The van der Waals surface area contributed by atoms with E-state index in [4.69, 9.17) is 16.3 Å². The molecule has 0 aliphatic carbocycles. The summed E-state index contributed by atoms with van der Waals surface area (Å²) >= 11 is 6.20. The van der Waals surface area contributed by atoms with Crippen LogP contribution in [0.2, 0.25) is 5.02 Å². The summed E-state index contributed by atoms with van der Waals surface area (Å²) in [6.45, 7) is 4.16. The Morgan fingerprint density at radius 3 is 2.50 bits per heavy atom. The molecule has 4 aromatic rings. The van der Waals surface area contributed by atoms with Crippen LogP contribution in [0.4, 0.5) is 0 Å². The van der Waals surface area contributed by atoms with Crippen LogP contribution >= 0.6 is 11.6 Å². The van der Waals surface area contributed by atoms with Crippen molar-refractivity contribution in [3.63, 3.8) is 0 Å². The minimum absolute atomic E-state index is 0.425. The van der Waals surface area contributed by atoms with E-state index < -0.39 is 0 Å². The number of pyridine rings is 1. The van der Waals surface area contributed by atoms with E-state index in [0.29, 0.717) is 29.7 Å². The fourth-order valence-corrected chi connectivity index (χ4v) is 4.69. The van der Waals surface area contributed by atoms with E-state index in [2.05, 4.69) is 87.5 Å². The van der Waals surface area contributed by atoms with Gasteiger partial charge in [-0.15, -0.1) is 15.9 Å². The fourth-order valence-electron chi connectivity index (χ4n) is 4.52. The van der Waals surface area contributed by atoms with Crippen LogP contribution in [0.5, 0.6) is 0 Å². The van der Waals surface area contributed by atoms with Gasteiger partial charge in [0.1, 0.15) is 12.3 Å². The number of nitrogens with zero attached hydrogens (tertiary/aromatic N) is 4. The molecule has 1 aliphatic rings. The summed E-state index contributed by atoms with van der Waals surface area (Å²) in [6, 6.07) is 27.0. The van der Waals surface area contributed by atoms with Crippen molar-refractivity contribution in [1.29, 1.82) is 0 Å². The minimum atomic E-state index is 0.425. The molecular formula is C34H31ClN4O. The lowest BCUT2D eigenvalue weighted by Gasteiger charge is -2.18. The predicted octanol–water partition coefficient (Wildman–Crippen LogP) is 7.78. The van der Waals surface area contributed by atoms with Crippen molar-refractivity contribution in [2.45, 2.75) is 33.0 Å². The number of ether oxygens (including phenoxy) is 1. The lowest BCUT2D eigenvalue weighted by molar-refractivity contribution is 0.285. The molecule has 0 saturated carbocycles. The monoisotopic (exact) mass is 546 g/mol. The minimum Gasteiger partial charge on any atom is -0.475 e. The largest absolute Gasteiger partial charge is 0.475 e. The maximum Gasteiger partial charge on any atom is 0.213 e. The van der Waals surface area contributed by atoms with E-state index >= 15 is 0 Å². The maximum atomic E-state index is 6.20. The highest BCUT2D eigenvalue weighted by molar-refractivity contribution is 6.31. The third-order valence-electron chi connectivity index (χ3n) is 6.61. The van der Waals surface area contributed by atoms with Crippen molar-refractivity contribution < 1.29 is 4.74 Å². The predicted molar refractivity (Wildman–Crippen MR) is 164 cm³/mol. The molecule has 0 fully saturated rings. The zero-order valence-corrected chi connectivity index (χ0v) is 23.5. The van der Waals surface area contributed by atoms with Gasteiger partial charge in [-0.3, -0.25) is 9.88 Å². The fraction of sp³-hybridized carbons (Fsp3) is 0.176. The molecular weight excluding hydrogens is 516 g/mol. The Labute approximate surface area is 240 Å². The first kappa shape index (κ1) is 27.3. The molecule has 0 saturated heterocycles. The number of hydrogen-bond donors (Lipinski definition) is 0. The summed E-state index contributed by atoms with van der Waals surface area (Å²) in [7, 11) is 2.14. The summed E-state index contributed by atoms with van der Waals surface area (Å²) in [5, 5.41) is 9.46. The van der Waals surface area contributed by atoms with Crippen LogP contribution in [0.15, 0.2) is 119 Å². The Balaban J connectivity index is 1.17. The highest BCUT2D eigenvalue weighted by Gasteiger charge is 2.09. The molecule has 1 aromatic heterocycles. The van der Waals surface area contributed by atoms with Gasteiger partial charge < -0.3 is 4.74 Å². The van der Waals surface area contributed by atoms with Gasteiger partial charge in [-0.25, -0.2) is 0 Å². The first-order chi connectivity index (χ1) is 19.5. The number of benzene rings is 3. The molecule has 200 valence electrons. The van der Waals surface area contributed by atoms with E-state index in [1.165, 1.54) is 16.7 Å². The van der Waals surface area contributed by atoms with Crippen LogP contribution < -0.4 is 0 Å². The second-order valence-corrected chi connectivity index (χ2v) is 10.3. The second-order valence-electron chi connectivity index (χ2n) is 9.88. The van der Waals surface area contributed by atoms with Crippen LogP contribution in [-0.4, -0.2) is 28.5 Å². The van der Waals surface area contributed by atoms with E-state index in [1.807, 2.05) is 49.5 Å². The molecule has 40 heavy (non-hydrogen) atoms. The number of aromatic nitrogens is 1. The Hall–Kier alpha value is -4.28. The van der Waals surface area contributed by atoms with Crippen molar-refractivity contribution in [3.8, 4) is 11.1 Å². The van der Waals surface area contributed by atoms with Gasteiger partial charge >= 0.3 is 0 Å². The van der Waals surface area contributed by atoms with Gasteiger partial charge in [0.2, 0.25) is 5.90 Å². The molecule has 6 heteroatoms. The lowest BCUT2D eigenvalue weighted by atomic mass is 10.0. The molecule has 5 nitrogen and oxygen atoms in total. The van der Waals surface area contributed by atoms with Gasteiger partial charge in [0.05, 0.1) is 6.42 Å². The van der Waals surface area contributed by atoms with Gasteiger partial charge in [0.15, 0.2) is 0 Å². The van der Waals surface area contributed by atoms with E-state index in [0.717, 1.165) is 35.3 Å². The Bertz CT molecular complexity index is 1590. The van der Waals surface area contributed by atoms with Gasteiger partial charge in [-0.05, 0) is 77.7 Å². The molecule has 1 aliphatic heterocycles. The third-order valence-corrected chi connectivity index (χ3v) is 6.85. The van der Waals surface area contributed by atoms with Gasteiger partial charge in [-0.1, -0.05) is 66.2 Å². The maximum absolute atomic E-state index is 6.20. The zero-order valence-electron chi connectivity index (χ0n) is 22.7. The Kier molecular flexibility index (Phi) is 9.00. The second kappa shape index (κ2) is 13.2. The molecule has 0 unspecified atom stereocenters. The first-order valence-electron chi connectivity index (χ1n) is 13.2. The van der Waals surface area contributed by atoms with E-state index in [9.17, 15) is 0 Å². The van der Waals surface area contributed by atoms with Crippen molar-refractivity contribution in [1.82, 2.24) is 9.88 Å². The summed E-state index contributed by atoms with van der Waals surface area (Å²) in [4.78, 5) is 6.55. The average Bonchev–Trinajstić information content (AvgIpc) is 2.96. The number of rotatable bonds is 8. The van der Waals surface area contributed by atoms with E-state index in [1.54, 1.807) is 6.20 Å². The Morgan fingerprint density at radius 2 is 1.68 bits per heavy atom. The van der Waals surface area contributed by atoms with Crippen LogP contribution in [0.1, 0.15) is 34.2 Å². The van der Waals surface area contributed by atoms with Crippen molar-refractivity contribution in [2.75, 3.05) is 7.05 Å². The molecule has 3 aromatic carbocycles. The summed E-state index contributed by atoms with van der Waals surface area (Å²) < 4.78 is 6.01. The van der Waals surface area contributed by atoms with Crippen molar-refractivity contribution >= 4 is 23.2 Å². The first-order valence-corrected chi connectivity index (χ1v) is 13.6. The molecule has 0 N–H and O–H groups in total. The topological polar surface area (TPSA) is 50.1 Å². The zero-order chi connectivity index (χ0) is 27.7. The van der Waals surface area contributed by atoms with Crippen molar-refractivity contribution in [2.24, 2.45) is 10.2 Å². The molecule has 2 heterocycles. The van der Waals surface area contributed by atoms with Gasteiger partial charge in [0.25, 0.3) is 0 Å². The van der Waals surface area contributed by atoms with Gasteiger partial charge in [0, 0.05) is 42.1 Å². The third kappa shape index (κ3) is 7.43. The standard InChI is InChI=1S/C34H31ClN4O/c1-25-12-17-31(35)20-32(25)33-10-3-4-11-34(38-37-33)40-24-27-15-13-26(14-16-27)22-39(2)23-28-7-5-8-29(19-28)30-9-6-18-36-21-30/h4-10,12-21H,11,22-24H2,1-2H3/b37-33+,38-34+. The number of aryl methyl sites for hydroxylation is 1. The molecule has 0 amide bonds. The molecule has 0 spiro atoms. The molecule has 0 radical (unpaired) electrons. The lowest BCUT2D eigenvalue weighted by Crippen LogP contribution is -2.17. The highest BCUT2D eigenvalue weighted by atomic mass is 35.5. The van der Waals surface area contributed by atoms with Gasteiger partial charge in [-0.2, -0.15) is 0 Å². The van der Waals surface area contributed by atoms with Crippen molar-refractivity contribution in [3.05, 3.63) is 142 Å². The van der Waals surface area contributed by atoms with Crippen LogP contribution in [-0.2, 0) is 24.4 Å². The summed E-state index contributed by atoms with van der Waals surface area (Å²) in [6.07, 6.45) is 7.96. The molecule has 5 rings (SSSR count). The number of halogens is 1. The average molecular weight is 547 g/mol. The highest BCUT2D eigenvalue weighted by Crippen LogP contribution is 2.21.